The molecule has 0 radical (unpaired) electrons. The van der Waals surface area contributed by atoms with Gasteiger partial charge in [-0.1, -0.05) is 18.2 Å². The van der Waals surface area contributed by atoms with Gasteiger partial charge in [0.2, 0.25) is 5.91 Å². The van der Waals surface area contributed by atoms with Crippen molar-refractivity contribution in [2.24, 2.45) is 0 Å². The molecule has 2 aromatic rings. The Morgan fingerprint density at radius 1 is 0.897 bits per heavy atom. The maximum atomic E-state index is 12.2. The largest absolute Gasteiger partial charge is 0.496 e. The molecule has 2 aromatic carbocycles. The molecule has 0 saturated heterocycles. The monoisotopic (exact) mass is 415 g/mol. The lowest BCUT2D eigenvalue weighted by Crippen LogP contribution is -2.48. The second-order valence-corrected chi connectivity index (χ2v) is 5.95. The Hall–Kier alpha value is -3.59. The Morgan fingerprint density at radius 2 is 1.59 bits per heavy atom. The minimum atomic E-state index is -0.466. The number of nitrogens with one attached hydrogen (secondary N) is 3. The highest BCUT2D eigenvalue weighted by molar-refractivity contribution is 7.80. The fourth-order valence-corrected chi connectivity index (χ4v) is 2.47. The number of benzene rings is 2. The van der Waals surface area contributed by atoms with Crippen LogP contribution in [0.5, 0.6) is 17.2 Å². The van der Waals surface area contributed by atoms with Crippen molar-refractivity contribution in [1.29, 1.82) is 0 Å². The molecule has 2 amide bonds. The molecule has 152 valence electrons. The molecule has 0 heterocycles. The Morgan fingerprint density at radius 3 is 2.28 bits per heavy atom. The molecular formula is C20H21N3O5S. The van der Waals surface area contributed by atoms with E-state index in [2.05, 4.69) is 16.2 Å². The van der Waals surface area contributed by atoms with Crippen molar-refractivity contribution >= 4 is 35.2 Å². The summed E-state index contributed by atoms with van der Waals surface area (Å²) in [5.41, 5.74) is 5.93. The average Bonchev–Trinajstić information content (AvgIpc) is 2.75. The molecule has 0 fully saturated rings. The Kier molecular flexibility index (Phi) is 7.99. The first-order chi connectivity index (χ1) is 14.0. The van der Waals surface area contributed by atoms with Crippen molar-refractivity contribution < 1.29 is 23.8 Å². The maximum Gasteiger partial charge on any atom is 0.269 e. The van der Waals surface area contributed by atoms with Crippen molar-refractivity contribution in [2.75, 3.05) is 21.3 Å². The molecule has 0 spiro atoms. The highest BCUT2D eigenvalue weighted by Gasteiger charge is 2.11. The standard InChI is InChI=1S/C20H21N3O5S/c1-26-15-7-5-4-6-13(15)9-11-18(24)21-20(29)23-22-19(25)14-8-10-16(27-2)17(12-14)28-3/h4-12H,1-3H3,(H,22,25)(H2,21,23,24,29). The maximum absolute atomic E-state index is 12.2. The van der Waals surface area contributed by atoms with Crippen molar-refractivity contribution in [3.8, 4) is 17.2 Å². The average molecular weight is 415 g/mol. The molecule has 0 saturated carbocycles. The fourth-order valence-electron chi connectivity index (χ4n) is 2.32. The molecule has 0 atom stereocenters. The highest BCUT2D eigenvalue weighted by atomic mass is 32.1. The zero-order valence-electron chi connectivity index (χ0n) is 16.1. The van der Waals surface area contributed by atoms with Gasteiger partial charge in [0.05, 0.1) is 21.3 Å². The van der Waals surface area contributed by atoms with Crippen LogP contribution < -0.4 is 30.4 Å². The number of carbonyl (C=O) groups is 2. The zero-order chi connectivity index (χ0) is 21.2. The summed E-state index contributed by atoms with van der Waals surface area (Å²) in [6.45, 7) is 0. The Bertz CT molecular complexity index is 930. The number of hydrogen-bond donors (Lipinski definition) is 3. The van der Waals surface area contributed by atoms with Crippen LogP contribution in [0.2, 0.25) is 0 Å². The lowest BCUT2D eigenvalue weighted by atomic mass is 10.2. The SMILES string of the molecule is COc1ccccc1C=CC(=O)NC(=S)NNC(=O)c1ccc(OC)c(OC)c1. The second kappa shape index (κ2) is 10.7. The van der Waals surface area contributed by atoms with Crippen molar-refractivity contribution in [2.45, 2.75) is 0 Å². The smallest absolute Gasteiger partial charge is 0.269 e. The number of hydrogen-bond acceptors (Lipinski definition) is 6. The van der Waals surface area contributed by atoms with E-state index in [0.29, 0.717) is 22.8 Å². The second-order valence-electron chi connectivity index (χ2n) is 5.54. The summed E-state index contributed by atoms with van der Waals surface area (Å²) in [5.74, 6) is 0.624. The number of para-hydroxylation sites is 1. The minimum Gasteiger partial charge on any atom is -0.496 e. The van der Waals surface area contributed by atoms with Crippen molar-refractivity contribution in [3.05, 3.63) is 59.7 Å². The predicted octanol–water partition coefficient (Wildman–Crippen LogP) is 2.06. The molecule has 0 aromatic heterocycles. The molecule has 29 heavy (non-hydrogen) atoms. The topological polar surface area (TPSA) is 97.9 Å². The molecule has 0 bridgehead atoms. The third-order valence-corrected chi connectivity index (χ3v) is 3.93. The van der Waals surface area contributed by atoms with Gasteiger partial charge in [0.15, 0.2) is 16.6 Å². The summed E-state index contributed by atoms with van der Waals surface area (Å²) < 4.78 is 15.5. The van der Waals surface area contributed by atoms with Crippen LogP contribution in [0.15, 0.2) is 48.5 Å². The van der Waals surface area contributed by atoms with Crippen LogP contribution in [0.3, 0.4) is 0 Å². The normalized spacial score (nSPS) is 10.2. The predicted molar refractivity (Wildman–Crippen MR) is 113 cm³/mol. The van der Waals surface area contributed by atoms with Crippen molar-refractivity contribution in [1.82, 2.24) is 16.2 Å². The van der Waals surface area contributed by atoms with E-state index in [1.165, 1.54) is 26.4 Å². The summed E-state index contributed by atoms with van der Waals surface area (Å²) >= 11 is 5.01. The molecule has 0 aliphatic rings. The third-order valence-electron chi connectivity index (χ3n) is 3.73. The molecule has 0 aliphatic carbocycles. The summed E-state index contributed by atoms with van der Waals surface area (Å²) in [6.07, 6.45) is 2.90. The first-order valence-electron chi connectivity index (χ1n) is 8.43. The van der Waals surface area contributed by atoms with Gasteiger partial charge >= 0.3 is 0 Å². The molecule has 0 unspecified atom stereocenters. The van der Waals surface area contributed by atoms with Gasteiger partial charge in [0.25, 0.3) is 5.91 Å². The third kappa shape index (κ3) is 6.22. The van der Waals surface area contributed by atoms with E-state index in [9.17, 15) is 9.59 Å². The summed E-state index contributed by atoms with van der Waals surface area (Å²) in [4.78, 5) is 24.2. The molecule has 0 aliphatic heterocycles. The minimum absolute atomic E-state index is 0.0616. The molecule has 9 heteroatoms. The fraction of sp³-hybridized carbons (Fsp3) is 0.150. The van der Waals surface area contributed by atoms with Crippen LogP contribution in [-0.4, -0.2) is 38.3 Å². The van der Waals surface area contributed by atoms with Crippen LogP contribution in [0, 0.1) is 0 Å². The molecular weight excluding hydrogens is 394 g/mol. The van der Waals surface area contributed by atoms with Gasteiger partial charge in [-0.15, -0.1) is 0 Å². The molecule has 8 nitrogen and oxygen atoms in total. The number of carbonyl (C=O) groups excluding carboxylic acids is 2. The first kappa shape index (κ1) is 21.7. The number of methoxy groups -OCH3 is 3. The summed E-state index contributed by atoms with van der Waals surface area (Å²) in [6, 6.07) is 11.9. The quantitative estimate of drug-likeness (QED) is 0.377. The molecule has 2 rings (SSSR count). The van der Waals surface area contributed by atoms with Crippen LogP contribution in [0.1, 0.15) is 15.9 Å². The van der Waals surface area contributed by atoms with E-state index in [1.54, 1.807) is 31.4 Å². The Balaban J connectivity index is 1.88. The van der Waals surface area contributed by atoms with Crippen LogP contribution in [0.25, 0.3) is 6.08 Å². The number of thiocarbonyl (C=S) groups is 1. The van der Waals surface area contributed by atoms with Crippen LogP contribution >= 0.6 is 12.2 Å². The summed E-state index contributed by atoms with van der Waals surface area (Å²) in [7, 11) is 4.52. The Labute approximate surface area is 173 Å². The van der Waals surface area contributed by atoms with E-state index in [4.69, 9.17) is 26.4 Å². The van der Waals surface area contributed by atoms with E-state index in [1.807, 2.05) is 18.2 Å². The van der Waals surface area contributed by atoms with Crippen LogP contribution in [-0.2, 0) is 4.79 Å². The van der Waals surface area contributed by atoms with Gasteiger partial charge in [-0.3, -0.25) is 25.8 Å². The van der Waals surface area contributed by atoms with Gasteiger partial charge in [-0.2, -0.15) is 0 Å². The van der Waals surface area contributed by atoms with E-state index in [-0.39, 0.29) is 5.11 Å². The highest BCUT2D eigenvalue weighted by Crippen LogP contribution is 2.27. The zero-order valence-corrected chi connectivity index (χ0v) is 17.0. The lowest BCUT2D eigenvalue weighted by molar-refractivity contribution is -0.115. The van der Waals surface area contributed by atoms with E-state index < -0.39 is 11.8 Å². The summed E-state index contributed by atoms with van der Waals surface area (Å²) in [5, 5.41) is 2.37. The molecule has 3 N–H and O–H groups in total. The van der Waals surface area contributed by atoms with Gasteiger partial charge < -0.3 is 14.2 Å². The number of rotatable bonds is 6. The first-order valence-corrected chi connectivity index (χ1v) is 8.83. The van der Waals surface area contributed by atoms with Crippen LogP contribution in [0.4, 0.5) is 0 Å². The van der Waals surface area contributed by atoms with E-state index >= 15 is 0 Å². The van der Waals surface area contributed by atoms with Gasteiger partial charge in [-0.05, 0) is 42.6 Å². The van der Waals surface area contributed by atoms with Gasteiger partial charge in [0, 0.05) is 17.2 Å². The number of ether oxygens (including phenoxy) is 3. The van der Waals surface area contributed by atoms with Crippen molar-refractivity contribution in [3.63, 3.8) is 0 Å². The van der Waals surface area contributed by atoms with Gasteiger partial charge in [-0.25, -0.2) is 0 Å². The number of amides is 2. The van der Waals surface area contributed by atoms with Gasteiger partial charge in [0.1, 0.15) is 5.75 Å². The van der Waals surface area contributed by atoms with E-state index in [0.717, 1.165) is 5.56 Å². The lowest BCUT2D eigenvalue weighted by Gasteiger charge is -2.12. The number of hydrazine groups is 1.